The molecule has 1 aromatic carbocycles. The number of hydrogen-bond acceptors (Lipinski definition) is 3. The summed E-state index contributed by atoms with van der Waals surface area (Å²) in [6.07, 6.45) is 6.16. The lowest BCUT2D eigenvalue weighted by molar-refractivity contribution is 0.680. The number of hydrogen-bond donors (Lipinski definition) is 2. The van der Waals surface area contributed by atoms with Crippen LogP contribution in [0.1, 0.15) is 18.4 Å². The summed E-state index contributed by atoms with van der Waals surface area (Å²) in [5.74, 6) is 0. The van der Waals surface area contributed by atoms with E-state index in [4.69, 9.17) is 11.6 Å². The average molecular weight is 280 g/mol. The first-order valence-corrected chi connectivity index (χ1v) is 7.20. The van der Waals surface area contributed by atoms with Crippen LogP contribution in [0.15, 0.2) is 40.6 Å². The lowest BCUT2D eigenvalue weighted by atomic mass is 10.2. The molecule has 1 aliphatic carbocycles. The summed E-state index contributed by atoms with van der Waals surface area (Å²) in [6.45, 7) is 0.869. The van der Waals surface area contributed by atoms with Gasteiger partial charge in [0.2, 0.25) is 0 Å². The van der Waals surface area contributed by atoms with Crippen molar-refractivity contribution in [2.45, 2.75) is 35.5 Å². The molecule has 18 heavy (non-hydrogen) atoms. The van der Waals surface area contributed by atoms with Crippen LogP contribution in [0.3, 0.4) is 0 Å². The number of benzene rings is 1. The maximum absolute atomic E-state index is 6.29. The van der Waals surface area contributed by atoms with Gasteiger partial charge in [0.15, 0.2) is 5.16 Å². The zero-order valence-corrected chi connectivity index (χ0v) is 11.4. The molecule has 2 N–H and O–H groups in total. The van der Waals surface area contributed by atoms with Crippen LogP contribution < -0.4 is 5.32 Å². The van der Waals surface area contributed by atoms with Crippen LogP contribution in [0.2, 0.25) is 5.02 Å². The third kappa shape index (κ3) is 2.88. The van der Waals surface area contributed by atoms with Crippen molar-refractivity contribution in [2.24, 2.45) is 0 Å². The van der Waals surface area contributed by atoms with Crippen LogP contribution in [0.25, 0.3) is 0 Å². The summed E-state index contributed by atoms with van der Waals surface area (Å²) in [5.41, 5.74) is 1.23. The van der Waals surface area contributed by atoms with Crippen molar-refractivity contribution in [2.75, 3.05) is 0 Å². The normalized spacial score (nSPS) is 14.9. The highest BCUT2D eigenvalue weighted by Gasteiger charge is 2.21. The van der Waals surface area contributed by atoms with E-state index in [2.05, 4.69) is 21.4 Å². The van der Waals surface area contributed by atoms with Crippen LogP contribution in [-0.2, 0) is 6.54 Å². The predicted octanol–water partition coefficient (Wildman–Crippen LogP) is 3.47. The smallest absolute Gasteiger partial charge is 0.170 e. The summed E-state index contributed by atoms with van der Waals surface area (Å²) in [5, 5.41) is 5.17. The molecule has 0 unspecified atom stereocenters. The number of imidazole rings is 1. The number of aromatic amines is 1. The Morgan fingerprint density at radius 2 is 2.33 bits per heavy atom. The van der Waals surface area contributed by atoms with E-state index < -0.39 is 0 Å². The van der Waals surface area contributed by atoms with E-state index in [0.717, 1.165) is 21.6 Å². The molecule has 0 aliphatic heterocycles. The second-order valence-corrected chi connectivity index (χ2v) is 5.79. The summed E-state index contributed by atoms with van der Waals surface area (Å²) in [7, 11) is 0. The highest BCUT2D eigenvalue weighted by atomic mass is 35.5. The van der Waals surface area contributed by atoms with Crippen LogP contribution in [-0.4, -0.2) is 16.0 Å². The largest absolute Gasteiger partial charge is 0.339 e. The Morgan fingerprint density at radius 3 is 3.06 bits per heavy atom. The van der Waals surface area contributed by atoms with Crippen molar-refractivity contribution >= 4 is 23.4 Å². The van der Waals surface area contributed by atoms with Gasteiger partial charge in [0.1, 0.15) is 0 Å². The Kier molecular flexibility index (Phi) is 3.59. The zero-order valence-electron chi connectivity index (χ0n) is 9.82. The van der Waals surface area contributed by atoms with Gasteiger partial charge in [-0.15, -0.1) is 0 Å². The van der Waals surface area contributed by atoms with E-state index in [1.165, 1.54) is 18.4 Å². The zero-order chi connectivity index (χ0) is 12.4. The average Bonchev–Trinajstić information content (AvgIpc) is 3.06. The lowest BCUT2D eigenvalue weighted by Crippen LogP contribution is -2.15. The SMILES string of the molecule is Clc1cccc(CNC2CC2)c1Sc1ncc[nH]1. The molecule has 0 radical (unpaired) electrons. The van der Waals surface area contributed by atoms with Crippen LogP contribution in [0.5, 0.6) is 0 Å². The number of nitrogens with zero attached hydrogens (tertiary/aromatic N) is 1. The Balaban J connectivity index is 1.80. The van der Waals surface area contributed by atoms with E-state index in [1.54, 1.807) is 18.0 Å². The molecule has 1 fully saturated rings. The molecule has 1 heterocycles. The maximum Gasteiger partial charge on any atom is 0.170 e. The van der Waals surface area contributed by atoms with Gasteiger partial charge < -0.3 is 10.3 Å². The van der Waals surface area contributed by atoms with Crippen LogP contribution in [0.4, 0.5) is 0 Å². The van der Waals surface area contributed by atoms with E-state index in [1.807, 2.05) is 18.3 Å². The monoisotopic (exact) mass is 279 g/mol. The fraction of sp³-hybridized carbons (Fsp3) is 0.308. The van der Waals surface area contributed by atoms with Crippen molar-refractivity contribution < 1.29 is 0 Å². The Bertz CT molecular complexity index is 523. The molecule has 0 saturated heterocycles. The summed E-state index contributed by atoms with van der Waals surface area (Å²) in [6, 6.07) is 6.74. The molecule has 0 amide bonds. The van der Waals surface area contributed by atoms with Gasteiger partial charge in [-0.2, -0.15) is 0 Å². The van der Waals surface area contributed by atoms with Crippen molar-refractivity contribution in [3.63, 3.8) is 0 Å². The molecule has 1 aliphatic rings. The molecule has 0 spiro atoms. The van der Waals surface area contributed by atoms with Crippen LogP contribution in [0, 0.1) is 0 Å². The van der Waals surface area contributed by atoms with Crippen molar-refractivity contribution in [3.8, 4) is 0 Å². The van der Waals surface area contributed by atoms with E-state index in [-0.39, 0.29) is 0 Å². The number of nitrogens with one attached hydrogen (secondary N) is 2. The van der Waals surface area contributed by atoms with Gasteiger partial charge in [-0.25, -0.2) is 4.98 Å². The van der Waals surface area contributed by atoms with Gasteiger partial charge in [-0.05, 0) is 36.2 Å². The molecule has 3 nitrogen and oxygen atoms in total. The lowest BCUT2D eigenvalue weighted by Gasteiger charge is -2.10. The number of rotatable bonds is 5. The minimum Gasteiger partial charge on any atom is -0.339 e. The molecule has 94 valence electrons. The Morgan fingerprint density at radius 1 is 1.44 bits per heavy atom. The molecular formula is C13H14ClN3S. The minimum absolute atomic E-state index is 0.699. The minimum atomic E-state index is 0.699. The topological polar surface area (TPSA) is 40.7 Å². The molecule has 2 aromatic rings. The molecule has 0 atom stereocenters. The quantitative estimate of drug-likeness (QED) is 0.880. The first-order valence-electron chi connectivity index (χ1n) is 6.01. The van der Waals surface area contributed by atoms with Gasteiger partial charge >= 0.3 is 0 Å². The van der Waals surface area contributed by atoms with Crippen LogP contribution >= 0.6 is 23.4 Å². The number of aromatic nitrogens is 2. The number of halogens is 1. The summed E-state index contributed by atoms with van der Waals surface area (Å²) >= 11 is 7.87. The van der Waals surface area contributed by atoms with Crippen molar-refractivity contribution in [1.82, 2.24) is 15.3 Å². The van der Waals surface area contributed by atoms with Crippen molar-refractivity contribution in [3.05, 3.63) is 41.2 Å². The summed E-state index contributed by atoms with van der Waals surface area (Å²) < 4.78 is 0. The van der Waals surface area contributed by atoms with E-state index in [0.29, 0.717) is 6.04 Å². The van der Waals surface area contributed by atoms with Gasteiger partial charge in [-0.1, -0.05) is 23.7 Å². The molecule has 5 heteroatoms. The first kappa shape index (κ1) is 12.1. The first-order chi connectivity index (χ1) is 8.83. The highest BCUT2D eigenvalue weighted by molar-refractivity contribution is 7.99. The molecule has 1 aromatic heterocycles. The predicted molar refractivity (Wildman–Crippen MR) is 74.0 cm³/mol. The molecule has 0 bridgehead atoms. The summed E-state index contributed by atoms with van der Waals surface area (Å²) in [4.78, 5) is 8.41. The van der Waals surface area contributed by atoms with E-state index in [9.17, 15) is 0 Å². The van der Waals surface area contributed by atoms with Crippen molar-refractivity contribution in [1.29, 1.82) is 0 Å². The second-order valence-electron chi connectivity index (χ2n) is 4.38. The third-order valence-electron chi connectivity index (χ3n) is 2.88. The van der Waals surface area contributed by atoms with Gasteiger partial charge in [0, 0.05) is 29.9 Å². The number of H-pyrrole nitrogens is 1. The molecule has 1 saturated carbocycles. The van der Waals surface area contributed by atoms with Gasteiger partial charge in [-0.3, -0.25) is 0 Å². The van der Waals surface area contributed by atoms with Gasteiger partial charge in [0.25, 0.3) is 0 Å². The van der Waals surface area contributed by atoms with Gasteiger partial charge in [0.05, 0.1) is 5.02 Å². The molecular weight excluding hydrogens is 266 g/mol. The third-order valence-corrected chi connectivity index (χ3v) is 4.41. The molecule has 3 rings (SSSR count). The second kappa shape index (κ2) is 5.34. The maximum atomic E-state index is 6.29. The Labute approximate surface area is 115 Å². The van der Waals surface area contributed by atoms with E-state index >= 15 is 0 Å². The standard InChI is InChI=1S/C13H14ClN3S/c14-11-3-1-2-9(8-17-10-4-5-10)12(11)18-13-15-6-7-16-13/h1-3,6-7,10,17H,4-5,8H2,(H,15,16). The Hall–Kier alpha value is -0.970. The highest BCUT2D eigenvalue weighted by Crippen LogP contribution is 2.34. The fourth-order valence-corrected chi connectivity index (χ4v) is 2.93. The fourth-order valence-electron chi connectivity index (χ4n) is 1.75.